The number of hydrogen-bond acceptors (Lipinski definition) is 5. The lowest BCUT2D eigenvalue weighted by Gasteiger charge is -2.09. The molecule has 26 heavy (non-hydrogen) atoms. The van der Waals surface area contributed by atoms with Crippen LogP contribution in [0.5, 0.6) is 0 Å². The quantitative estimate of drug-likeness (QED) is 0.683. The van der Waals surface area contributed by atoms with E-state index in [0.29, 0.717) is 22.9 Å². The molecule has 1 aromatic heterocycles. The molecule has 3 aromatic rings. The normalized spacial score (nSPS) is 10.2. The number of carbonyl (C=O) groups is 2. The van der Waals surface area contributed by atoms with E-state index in [1.807, 2.05) is 30.3 Å². The van der Waals surface area contributed by atoms with Crippen LogP contribution in [0.3, 0.4) is 0 Å². The van der Waals surface area contributed by atoms with Gasteiger partial charge >= 0.3 is 0 Å². The number of nitrogens with zero attached hydrogens (tertiary/aromatic N) is 2. The fraction of sp³-hybridized carbons (Fsp3) is 0.100. The molecule has 0 saturated heterocycles. The molecule has 3 rings (SSSR count). The summed E-state index contributed by atoms with van der Waals surface area (Å²) in [5.41, 5.74) is 2.37. The van der Waals surface area contributed by atoms with Crippen LogP contribution in [0.4, 0.5) is 17.2 Å². The van der Waals surface area contributed by atoms with Gasteiger partial charge in [-0.25, -0.2) is 9.97 Å². The lowest BCUT2D eigenvalue weighted by molar-refractivity contribution is 0.101. The number of ketones is 1. The summed E-state index contributed by atoms with van der Waals surface area (Å²) >= 11 is 0. The maximum absolute atomic E-state index is 12.4. The Morgan fingerprint density at radius 3 is 2.23 bits per heavy atom. The van der Waals surface area contributed by atoms with Crippen molar-refractivity contribution in [1.82, 2.24) is 9.97 Å². The van der Waals surface area contributed by atoms with E-state index >= 15 is 0 Å². The lowest BCUT2D eigenvalue weighted by Crippen LogP contribution is -2.15. The van der Waals surface area contributed by atoms with Crippen molar-refractivity contribution in [3.8, 4) is 0 Å². The molecule has 1 heterocycles. The van der Waals surface area contributed by atoms with E-state index < -0.39 is 0 Å². The molecular formula is C20H18N4O2. The van der Waals surface area contributed by atoms with E-state index in [4.69, 9.17) is 0 Å². The summed E-state index contributed by atoms with van der Waals surface area (Å²) in [4.78, 5) is 32.3. The van der Waals surface area contributed by atoms with Gasteiger partial charge in [-0.3, -0.25) is 9.59 Å². The van der Waals surface area contributed by atoms with Crippen molar-refractivity contribution in [2.75, 3.05) is 10.6 Å². The minimum Gasteiger partial charge on any atom is -0.340 e. The zero-order valence-electron chi connectivity index (χ0n) is 14.5. The zero-order chi connectivity index (χ0) is 18.5. The van der Waals surface area contributed by atoms with Crippen molar-refractivity contribution in [1.29, 1.82) is 0 Å². The number of nitrogens with one attached hydrogen (secondary N) is 2. The Hall–Kier alpha value is -3.54. The van der Waals surface area contributed by atoms with Crippen LogP contribution in [0, 0.1) is 6.92 Å². The van der Waals surface area contributed by atoms with Crippen molar-refractivity contribution >= 4 is 28.9 Å². The van der Waals surface area contributed by atoms with Gasteiger partial charge in [0.05, 0.1) is 0 Å². The number of rotatable bonds is 5. The Morgan fingerprint density at radius 1 is 0.885 bits per heavy atom. The second-order valence-corrected chi connectivity index (χ2v) is 5.76. The number of benzene rings is 2. The molecule has 0 unspecified atom stereocenters. The minimum atomic E-state index is -0.309. The maximum Gasteiger partial charge on any atom is 0.274 e. The van der Waals surface area contributed by atoms with Gasteiger partial charge in [0, 0.05) is 23.0 Å². The predicted molar refractivity (Wildman–Crippen MR) is 101 cm³/mol. The van der Waals surface area contributed by atoms with Crippen LogP contribution in [-0.2, 0) is 0 Å². The molecule has 0 saturated carbocycles. The lowest BCUT2D eigenvalue weighted by atomic mass is 10.1. The van der Waals surface area contributed by atoms with Crippen LogP contribution in [0.1, 0.15) is 33.6 Å². The van der Waals surface area contributed by atoms with E-state index in [-0.39, 0.29) is 17.4 Å². The van der Waals surface area contributed by atoms with Crippen molar-refractivity contribution in [3.05, 3.63) is 77.7 Å². The predicted octanol–water partition coefficient (Wildman–Crippen LogP) is 3.98. The molecule has 6 heteroatoms. The van der Waals surface area contributed by atoms with E-state index in [0.717, 1.165) is 5.69 Å². The first-order valence-electron chi connectivity index (χ1n) is 8.11. The number of hydrogen-bond donors (Lipinski definition) is 2. The smallest absolute Gasteiger partial charge is 0.274 e. The number of aromatic nitrogens is 2. The number of para-hydroxylation sites is 1. The zero-order valence-corrected chi connectivity index (χ0v) is 14.5. The first-order chi connectivity index (χ1) is 12.5. The number of Topliss-reactive ketones (excluding diaryl/α,β-unsaturated/α-hetero) is 1. The number of anilines is 3. The molecule has 130 valence electrons. The standard InChI is InChI=1S/C20H18N4O2/c1-13(25)15-8-10-17(11-9-15)23-19-12-18(21-14(2)22-19)20(26)24-16-6-4-3-5-7-16/h3-12H,1-2H3,(H,24,26)(H,21,22,23). The van der Waals surface area contributed by atoms with Gasteiger partial charge < -0.3 is 10.6 Å². The molecule has 0 spiro atoms. The highest BCUT2D eigenvalue weighted by molar-refractivity contribution is 6.03. The van der Waals surface area contributed by atoms with Gasteiger partial charge in [-0.2, -0.15) is 0 Å². The van der Waals surface area contributed by atoms with Crippen LogP contribution in [-0.4, -0.2) is 21.7 Å². The van der Waals surface area contributed by atoms with Gasteiger partial charge in [0.1, 0.15) is 17.3 Å². The Bertz CT molecular complexity index is 938. The third-order valence-electron chi connectivity index (χ3n) is 3.67. The molecule has 2 aromatic carbocycles. The molecule has 0 fully saturated rings. The van der Waals surface area contributed by atoms with Crippen LogP contribution < -0.4 is 10.6 Å². The number of amides is 1. The average Bonchev–Trinajstić information content (AvgIpc) is 2.62. The molecule has 0 atom stereocenters. The Kier molecular flexibility index (Phi) is 5.03. The van der Waals surface area contributed by atoms with Crippen LogP contribution in [0.25, 0.3) is 0 Å². The fourth-order valence-corrected chi connectivity index (χ4v) is 2.40. The highest BCUT2D eigenvalue weighted by Gasteiger charge is 2.11. The van der Waals surface area contributed by atoms with Crippen LogP contribution >= 0.6 is 0 Å². The highest BCUT2D eigenvalue weighted by Crippen LogP contribution is 2.17. The topological polar surface area (TPSA) is 84.0 Å². The largest absolute Gasteiger partial charge is 0.340 e. The van der Waals surface area contributed by atoms with Crippen molar-refractivity contribution in [2.45, 2.75) is 13.8 Å². The Balaban J connectivity index is 1.78. The van der Waals surface area contributed by atoms with Gasteiger partial charge in [-0.15, -0.1) is 0 Å². The first kappa shape index (κ1) is 17.3. The number of carbonyl (C=O) groups excluding carboxylic acids is 2. The summed E-state index contributed by atoms with van der Waals surface area (Å²) < 4.78 is 0. The molecule has 0 aliphatic carbocycles. The molecular weight excluding hydrogens is 328 g/mol. The number of aryl methyl sites for hydroxylation is 1. The molecule has 1 amide bonds. The molecule has 0 aliphatic rings. The second-order valence-electron chi connectivity index (χ2n) is 5.76. The molecule has 0 aliphatic heterocycles. The average molecular weight is 346 g/mol. The first-order valence-corrected chi connectivity index (χ1v) is 8.11. The van der Waals surface area contributed by atoms with Crippen LogP contribution in [0.15, 0.2) is 60.7 Å². The van der Waals surface area contributed by atoms with Crippen molar-refractivity contribution < 1.29 is 9.59 Å². The van der Waals surface area contributed by atoms with Crippen molar-refractivity contribution in [3.63, 3.8) is 0 Å². The van der Waals surface area contributed by atoms with E-state index in [9.17, 15) is 9.59 Å². The third kappa shape index (κ3) is 4.30. The molecule has 0 radical (unpaired) electrons. The summed E-state index contributed by atoms with van der Waals surface area (Å²) in [7, 11) is 0. The minimum absolute atomic E-state index is 0.00861. The maximum atomic E-state index is 12.4. The summed E-state index contributed by atoms with van der Waals surface area (Å²) in [5, 5.41) is 5.93. The molecule has 0 bridgehead atoms. The van der Waals surface area contributed by atoms with Gasteiger partial charge in [0.2, 0.25) is 0 Å². The molecule has 6 nitrogen and oxygen atoms in total. The summed E-state index contributed by atoms with van der Waals surface area (Å²) in [6.07, 6.45) is 0. The summed E-state index contributed by atoms with van der Waals surface area (Å²) in [6.45, 7) is 3.25. The Labute approximate surface area is 151 Å². The van der Waals surface area contributed by atoms with Gasteiger partial charge in [0.15, 0.2) is 5.78 Å². The van der Waals surface area contributed by atoms with Gasteiger partial charge in [-0.1, -0.05) is 18.2 Å². The molecule has 2 N–H and O–H groups in total. The fourth-order valence-electron chi connectivity index (χ4n) is 2.40. The van der Waals surface area contributed by atoms with Gasteiger partial charge in [0.25, 0.3) is 5.91 Å². The monoisotopic (exact) mass is 346 g/mol. The van der Waals surface area contributed by atoms with E-state index in [1.54, 1.807) is 37.3 Å². The van der Waals surface area contributed by atoms with Crippen molar-refractivity contribution in [2.24, 2.45) is 0 Å². The van der Waals surface area contributed by atoms with E-state index in [2.05, 4.69) is 20.6 Å². The summed E-state index contributed by atoms with van der Waals surface area (Å²) in [6, 6.07) is 17.8. The third-order valence-corrected chi connectivity index (χ3v) is 3.67. The SMILES string of the molecule is CC(=O)c1ccc(Nc2cc(C(=O)Nc3ccccc3)nc(C)n2)cc1. The van der Waals surface area contributed by atoms with Gasteiger partial charge in [-0.05, 0) is 50.2 Å². The van der Waals surface area contributed by atoms with Crippen LogP contribution in [0.2, 0.25) is 0 Å². The Morgan fingerprint density at radius 2 is 1.58 bits per heavy atom. The summed E-state index contributed by atoms with van der Waals surface area (Å²) in [5.74, 6) is 0.686. The van der Waals surface area contributed by atoms with E-state index in [1.165, 1.54) is 6.92 Å². The second kappa shape index (κ2) is 7.57. The highest BCUT2D eigenvalue weighted by atomic mass is 16.2.